The van der Waals surface area contributed by atoms with Gasteiger partial charge < -0.3 is 9.64 Å². The topological polar surface area (TPSA) is 75.6 Å². The van der Waals surface area contributed by atoms with Gasteiger partial charge in [0.2, 0.25) is 15.2 Å². The highest BCUT2D eigenvalue weighted by atomic mass is 32.2. The largest absolute Gasteiger partial charge is 0.384 e. The molecule has 0 saturated carbocycles. The maximum Gasteiger partial charge on any atom is 0.243 e. The molecule has 2 heterocycles. The summed E-state index contributed by atoms with van der Waals surface area (Å²) in [6, 6.07) is 5.10. The zero-order valence-electron chi connectivity index (χ0n) is 13.8. The zero-order chi connectivity index (χ0) is 17.9. The number of anilines is 1. The molecule has 0 spiro atoms. The van der Waals surface area contributed by atoms with E-state index in [9.17, 15) is 12.8 Å². The lowest BCUT2D eigenvalue weighted by Gasteiger charge is -2.33. The van der Waals surface area contributed by atoms with Gasteiger partial charge in [0.05, 0.1) is 11.5 Å². The standard InChI is InChI=1S/C15H19FN4O3S2/c1-23-10-5-14-17-15(24-18-14)19-6-8-20(9-7-19)25(21,22)13-4-2-3-12(16)11-13/h2-4,11H,5-10H2,1H3. The third-order valence-corrected chi connectivity index (χ3v) is 6.64. The molecule has 1 fully saturated rings. The molecule has 0 unspecified atom stereocenters. The normalized spacial score (nSPS) is 16.3. The molecule has 25 heavy (non-hydrogen) atoms. The fourth-order valence-electron chi connectivity index (χ4n) is 2.56. The first-order chi connectivity index (χ1) is 12.0. The van der Waals surface area contributed by atoms with E-state index in [0.29, 0.717) is 39.2 Å². The molecule has 0 amide bonds. The predicted molar refractivity (Wildman–Crippen MR) is 92.9 cm³/mol. The number of rotatable bonds is 6. The van der Waals surface area contributed by atoms with E-state index in [1.807, 2.05) is 4.90 Å². The number of nitrogens with zero attached hydrogens (tertiary/aromatic N) is 4. The maximum absolute atomic E-state index is 13.3. The van der Waals surface area contributed by atoms with Crippen LogP contribution < -0.4 is 4.90 Å². The summed E-state index contributed by atoms with van der Waals surface area (Å²) >= 11 is 1.31. The van der Waals surface area contributed by atoms with E-state index in [1.165, 1.54) is 34.0 Å². The Kier molecular flexibility index (Phi) is 5.62. The van der Waals surface area contributed by atoms with Crippen LogP contribution in [-0.4, -0.2) is 62.0 Å². The Morgan fingerprint density at radius 2 is 2.04 bits per heavy atom. The Labute approximate surface area is 150 Å². The number of piperazine rings is 1. The quantitative estimate of drug-likeness (QED) is 0.747. The molecule has 3 rings (SSSR count). The predicted octanol–water partition coefficient (Wildman–Crippen LogP) is 1.38. The Balaban J connectivity index is 1.64. The fourth-order valence-corrected chi connectivity index (χ4v) is 4.78. The highest BCUT2D eigenvalue weighted by Crippen LogP contribution is 2.23. The van der Waals surface area contributed by atoms with E-state index in [2.05, 4.69) is 9.36 Å². The van der Waals surface area contributed by atoms with Crippen molar-refractivity contribution in [3.05, 3.63) is 35.9 Å². The molecule has 0 N–H and O–H groups in total. The first-order valence-electron chi connectivity index (χ1n) is 7.83. The number of benzene rings is 1. The van der Waals surface area contributed by atoms with E-state index in [1.54, 1.807) is 7.11 Å². The van der Waals surface area contributed by atoms with Crippen molar-refractivity contribution in [1.82, 2.24) is 13.7 Å². The summed E-state index contributed by atoms with van der Waals surface area (Å²) in [5.41, 5.74) is 0. The van der Waals surface area contributed by atoms with E-state index >= 15 is 0 Å². The van der Waals surface area contributed by atoms with Crippen molar-refractivity contribution < 1.29 is 17.5 Å². The van der Waals surface area contributed by atoms with Gasteiger partial charge in [0, 0.05) is 51.2 Å². The van der Waals surface area contributed by atoms with Crippen LogP contribution in [0, 0.1) is 5.82 Å². The number of methoxy groups -OCH3 is 1. The molecule has 1 aliphatic heterocycles. The summed E-state index contributed by atoms with van der Waals surface area (Å²) in [7, 11) is -2.05. The molecule has 7 nitrogen and oxygen atoms in total. The number of hydrogen-bond acceptors (Lipinski definition) is 7. The third kappa shape index (κ3) is 4.14. The minimum absolute atomic E-state index is 0.0151. The summed E-state index contributed by atoms with van der Waals surface area (Å²) in [6.07, 6.45) is 0.654. The van der Waals surface area contributed by atoms with Gasteiger partial charge in [0.25, 0.3) is 0 Å². The second-order valence-corrected chi connectivity index (χ2v) is 8.25. The molecule has 0 radical (unpaired) electrons. The van der Waals surface area contributed by atoms with E-state index in [0.717, 1.165) is 17.0 Å². The molecule has 1 saturated heterocycles. The molecule has 1 aromatic heterocycles. The molecule has 0 atom stereocenters. The minimum atomic E-state index is -3.68. The van der Waals surface area contributed by atoms with Gasteiger partial charge in [-0.15, -0.1) is 0 Å². The summed E-state index contributed by atoms with van der Waals surface area (Å²) in [5, 5.41) is 0.786. The molecular weight excluding hydrogens is 367 g/mol. The first-order valence-corrected chi connectivity index (χ1v) is 10.0. The lowest BCUT2D eigenvalue weighted by atomic mass is 10.4. The SMILES string of the molecule is COCCc1nsc(N2CCN(S(=O)(=O)c3cccc(F)c3)CC2)n1. The Bertz CT molecular complexity index is 820. The lowest BCUT2D eigenvalue weighted by molar-refractivity contribution is 0.201. The van der Waals surface area contributed by atoms with Gasteiger partial charge in [-0.2, -0.15) is 8.68 Å². The van der Waals surface area contributed by atoms with Crippen molar-refractivity contribution in [2.75, 3.05) is 44.8 Å². The number of ether oxygens (including phenoxy) is 1. The molecule has 1 aliphatic rings. The molecular formula is C15H19FN4O3S2. The monoisotopic (exact) mass is 386 g/mol. The van der Waals surface area contributed by atoms with E-state index in [4.69, 9.17) is 4.74 Å². The van der Waals surface area contributed by atoms with Gasteiger partial charge in [-0.3, -0.25) is 0 Å². The molecule has 0 aliphatic carbocycles. The van der Waals surface area contributed by atoms with Crippen molar-refractivity contribution in [2.45, 2.75) is 11.3 Å². The second-order valence-electron chi connectivity index (χ2n) is 5.58. The number of halogens is 1. The van der Waals surface area contributed by atoms with Crippen LogP contribution in [-0.2, 0) is 21.2 Å². The van der Waals surface area contributed by atoms with Crippen LogP contribution in [0.1, 0.15) is 5.82 Å². The molecule has 136 valence electrons. The Morgan fingerprint density at radius 1 is 1.28 bits per heavy atom. The van der Waals surface area contributed by atoms with Crippen molar-refractivity contribution >= 4 is 26.7 Å². The Hall–Kier alpha value is -1.62. The van der Waals surface area contributed by atoms with Crippen LogP contribution in [0.4, 0.5) is 9.52 Å². The van der Waals surface area contributed by atoms with Crippen LogP contribution in [0.15, 0.2) is 29.2 Å². The Morgan fingerprint density at radius 3 is 2.72 bits per heavy atom. The van der Waals surface area contributed by atoms with Gasteiger partial charge in [-0.25, -0.2) is 17.8 Å². The van der Waals surface area contributed by atoms with Gasteiger partial charge >= 0.3 is 0 Å². The van der Waals surface area contributed by atoms with Crippen LogP contribution in [0.2, 0.25) is 0 Å². The number of hydrogen-bond donors (Lipinski definition) is 0. The number of aromatic nitrogens is 2. The minimum Gasteiger partial charge on any atom is -0.384 e. The third-order valence-electron chi connectivity index (χ3n) is 3.93. The fraction of sp³-hybridized carbons (Fsp3) is 0.467. The van der Waals surface area contributed by atoms with Gasteiger partial charge in [0.15, 0.2) is 0 Å². The summed E-state index contributed by atoms with van der Waals surface area (Å²) in [4.78, 5) is 6.47. The smallest absolute Gasteiger partial charge is 0.243 e. The average molecular weight is 386 g/mol. The highest BCUT2D eigenvalue weighted by molar-refractivity contribution is 7.89. The van der Waals surface area contributed by atoms with Gasteiger partial charge in [-0.05, 0) is 18.2 Å². The first kappa shape index (κ1) is 18.2. The molecule has 1 aromatic carbocycles. The van der Waals surface area contributed by atoms with Crippen LogP contribution >= 0.6 is 11.5 Å². The summed E-state index contributed by atoms with van der Waals surface area (Å²) in [5.74, 6) is 0.175. The van der Waals surface area contributed by atoms with Crippen molar-refractivity contribution in [3.63, 3.8) is 0 Å². The molecule has 2 aromatic rings. The van der Waals surface area contributed by atoms with Crippen LogP contribution in [0.3, 0.4) is 0 Å². The zero-order valence-corrected chi connectivity index (χ0v) is 15.4. The number of sulfonamides is 1. The van der Waals surface area contributed by atoms with Gasteiger partial charge in [-0.1, -0.05) is 6.07 Å². The lowest BCUT2D eigenvalue weighted by Crippen LogP contribution is -2.48. The van der Waals surface area contributed by atoms with Crippen molar-refractivity contribution in [1.29, 1.82) is 0 Å². The molecule has 0 bridgehead atoms. The van der Waals surface area contributed by atoms with Crippen LogP contribution in [0.5, 0.6) is 0 Å². The second kappa shape index (κ2) is 7.73. The highest BCUT2D eigenvalue weighted by Gasteiger charge is 2.29. The summed E-state index contributed by atoms with van der Waals surface area (Å²) in [6.45, 7) is 2.26. The van der Waals surface area contributed by atoms with Crippen LogP contribution in [0.25, 0.3) is 0 Å². The van der Waals surface area contributed by atoms with Gasteiger partial charge in [0.1, 0.15) is 11.6 Å². The maximum atomic E-state index is 13.3. The van der Waals surface area contributed by atoms with Crippen molar-refractivity contribution in [2.24, 2.45) is 0 Å². The average Bonchev–Trinajstić information content (AvgIpc) is 3.09. The van der Waals surface area contributed by atoms with E-state index in [-0.39, 0.29) is 4.90 Å². The van der Waals surface area contributed by atoms with Crippen molar-refractivity contribution in [3.8, 4) is 0 Å². The summed E-state index contributed by atoms with van der Waals surface area (Å²) < 4.78 is 49.2. The van der Waals surface area contributed by atoms with E-state index < -0.39 is 15.8 Å². The molecule has 10 heteroatoms.